The number of allylic oxidation sites excluding steroid dienone is 1. The number of hydrogen-bond acceptors (Lipinski definition) is 0. The molecule has 1 aliphatic carbocycles. The Labute approximate surface area is 89.5 Å². The molecule has 0 N–H and O–H groups in total. The average Bonchev–Trinajstić information content (AvgIpc) is 2.52. The van der Waals surface area contributed by atoms with Gasteiger partial charge in [-0.3, -0.25) is 0 Å². The van der Waals surface area contributed by atoms with Gasteiger partial charge in [-0.25, -0.2) is 0 Å². The summed E-state index contributed by atoms with van der Waals surface area (Å²) in [7, 11) is 0. The number of fused-ring (bicyclic) bond motifs is 1. The standard InChI is InChI=1S/C9H8.C2H5.Zr/c1-2-5-9-7-3-6-8(9)4-1;1-2;/h1-6H,7H2;1H2,2H3;. The van der Waals surface area contributed by atoms with Gasteiger partial charge < -0.3 is 0 Å². The van der Waals surface area contributed by atoms with Crippen LogP contribution in [0, 0.1) is 0 Å². The van der Waals surface area contributed by atoms with Crippen LogP contribution in [0.15, 0.2) is 30.3 Å². The first kappa shape index (κ1) is 9.93. The van der Waals surface area contributed by atoms with Gasteiger partial charge in [0.1, 0.15) is 0 Å². The van der Waals surface area contributed by atoms with Crippen LogP contribution >= 0.6 is 0 Å². The summed E-state index contributed by atoms with van der Waals surface area (Å²) in [6.45, 7) is 2.16. The quantitative estimate of drug-likeness (QED) is 0.649. The molecular weight excluding hydrogens is 223 g/mol. The van der Waals surface area contributed by atoms with E-state index in [0.717, 1.165) is 6.42 Å². The second kappa shape index (κ2) is 5.48. The molecule has 0 radical (unpaired) electrons. The fourth-order valence-electron chi connectivity index (χ4n) is 1.20. The Balaban J connectivity index is 0.000000213. The molecule has 0 amide bonds. The molecule has 0 nitrogen and oxygen atoms in total. The van der Waals surface area contributed by atoms with Gasteiger partial charge in [0, 0.05) is 0 Å². The van der Waals surface area contributed by atoms with Gasteiger partial charge >= 0.3 is 35.8 Å². The zero-order chi connectivity index (χ0) is 8.81. The molecule has 0 bridgehead atoms. The van der Waals surface area contributed by atoms with E-state index in [0.29, 0.717) is 0 Å². The second-order valence-electron chi connectivity index (χ2n) is 2.66. The number of rotatable bonds is 0. The molecule has 0 saturated carbocycles. The Morgan fingerprint density at radius 3 is 2.67 bits per heavy atom. The van der Waals surface area contributed by atoms with Gasteiger partial charge in [-0.15, -0.1) is 0 Å². The zero-order valence-electron chi connectivity index (χ0n) is 7.38. The summed E-state index contributed by atoms with van der Waals surface area (Å²) in [6.07, 6.45) is 5.50. The molecule has 1 aromatic carbocycles. The zero-order valence-corrected chi connectivity index (χ0v) is 9.84. The summed E-state index contributed by atoms with van der Waals surface area (Å²) in [5, 5.41) is 0. The van der Waals surface area contributed by atoms with Crippen molar-refractivity contribution >= 4 is 6.08 Å². The molecule has 2 rings (SSSR count). The van der Waals surface area contributed by atoms with Crippen molar-refractivity contribution in [2.75, 3.05) is 0 Å². The first-order valence-corrected chi connectivity index (χ1v) is 6.01. The predicted octanol–water partition coefficient (Wildman–Crippen LogP) is 3.23. The Kier molecular flexibility index (Phi) is 4.54. The van der Waals surface area contributed by atoms with Crippen molar-refractivity contribution in [3.05, 3.63) is 41.5 Å². The molecule has 0 heterocycles. The van der Waals surface area contributed by atoms with Crippen molar-refractivity contribution in [1.82, 2.24) is 0 Å². The summed E-state index contributed by atoms with van der Waals surface area (Å²) in [5.41, 5.74) is 2.84. The first-order chi connectivity index (χ1) is 5.88. The summed E-state index contributed by atoms with van der Waals surface area (Å²) < 4.78 is 1.34. The van der Waals surface area contributed by atoms with Crippen LogP contribution in [-0.4, -0.2) is 0 Å². The summed E-state index contributed by atoms with van der Waals surface area (Å²) in [5.74, 6) is 0. The van der Waals surface area contributed by atoms with Crippen LogP contribution in [0.25, 0.3) is 6.08 Å². The van der Waals surface area contributed by atoms with Gasteiger partial charge in [-0.1, -0.05) is 36.4 Å². The van der Waals surface area contributed by atoms with E-state index in [4.69, 9.17) is 0 Å². The van der Waals surface area contributed by atoms with E-state index in [9.17, 15) is 0 Å². The van der Waals surface area contributed by atoms with Crippen LogP contribution in [0.3, 0.4) is 0 Å². The third-order valence-corrected chi connectivity index (χ3v) is 1.69. The fraction of sp³-hybridized carbons (Fsp3) is 0.273. The molecule has 1 aromatic rings. The van der Waals surface area contributed by atoms with Crippen LogP contribution in [0.4, 0.5) is 0 Å². The second-order valence-corrected chi connectivity index (χ2v) is 4.40. The molecule has 12 heavy (non-hydrogen) atoms. The Bertz CT molecular complexity index is 263. The maximum absolute atomic E-state index is 2.20. The topological polar surface area (TPSA) is 0 Å². The van der Waals surface area contributed by atoms with Gasteiger partial charge in [0.25, 0.3) is 0 Å². The molecular formula is C11H13Zr. The molecule has 0 unspecified atom stereocenters. The van der Waals surface area contributed by atoms with Crippen molar-refractivity contribution in [1.29, 1.82) is 0 Å². The monoisotopic (exact) mass is 235 g/mol. The van der Waals surface area contributed by atoms with Crippen molar-refractivity contribution in [3.63, 3.8) is 0 Å². The summed E-state index contributed by atoms with van der Waals surface area (Å²) in [4.78, 5) is 0. The van der Waals surface area contributed by atoms with Crippen LogP contribution < -0.4 is 0 Å². The normalized spacial score (nSPS) is 11.7. The molecule has 0 aromatic heterocycles. The molecule has 0 saturated heterocycles. The Hall–Kier alpha value is -0.157. The molecule has 0 atom stereocenters. The van der Waals surface area contributed by atoms with E-state index < -0.39 is 0 Å². The molecule has 0 fully saturated rings. The number of benzene rings is 1. The van der Waals surface area contributed by atoms with Crippen LogP contribution in [0.1, 0.15) is 18.1 Å². The van der Waals surface area contributed by atoms with Crippen molar-refractivity contribution in [3.8, 4) is 0 Å². The summed E-state index contributed by atoms with van der Waals surface area (Å²) >= 11 is 1.64. The van der Waals surface area contributed by atoms with Gasteiger partial charge in [0.2, 0.25) is 0 Å². The Morgan fingerprint density at radius 2 is 2.00 bits per heavy atom. The average molecular weight is 236 g/mol. The first-order valence-electron chi connectivity index (χ1n) is 4.27. The van der Waals surface area contributed by atoms with Gasteiger partial charge in [0.15, 0.2) is 0 Å². The SMILES string of the molecule is C1=Cc2ccccc2C1.C[CH2][Zr]. The maximum atomic E-state index is 2.20. The van der Waals surface area contributed by atoms with E-state index in [-0.39, 0.29) is 0 Å². The third-order valence-electron chi connectivity index (χ3n) is 1.69. The van der Waals surface area contributed by atoms with E-state index in [1.165, 1.54) is 15.3 Å². The van der Waals surface area contributed by atoms with Crippen molar-refractivity contribution < 1.29 is 24.7 Å². The van der Waals surface area contributed by atoms with E-state index >= 15 is 0 Å². The van der Waals surface area contributed by atoms with E-state index in [2.05, 4.69) is 43.3 Å². The van der Waals surface area contributed by atoms with Crippen LogP contribution in [0.2, 0.25) is 4.13 Å². The van der Waals surface area contributed by atoms with Crippen molar-refractivity contribution in [2.24, 2.45) is 0 Å². The minimum atomic E-state index is 1.12. The molecule has 1 aliphatic rings. The minimum absolute atomic E-state index is 1.12. The molecule has 0 aliphatic heterocycles. The predicted molar refractivity (Wildman–Crippen MR) is 49.7 cm³/mol. The fourth-order valence-corrected chi connectivity index (χ4v) is 1.20. The third kappa shape index (κ3) is 2.71. The van der Waals surface area contributed by atoms with Crippen LogP contribution in [-0.2, 0) is 31.1 Å². The van der Waals surface area contributed by atoms with Crippen LogP contribution in [0.5, 0.6) is 0 Å². The summed E-state index contributed by atoms with van der Waals surface area (Å²) in [6, 6.07) is 8.49. The Morgan fingerprint density at radius 1 is 1.33 bits per heavy atom. The van der Waals surface area contributed by atoms with Crippen molar-refractivity contribution in [2.45, 2.75) is 17.5 Å². The van der Waals surface area contributed by atoms with Gasteiger partial charge in [-0.05, 0) is 17.5 Å². The molecule has 1 heteroatoms. The van der Waals surface area contributed by atoms with E-state index in [1.807, 2.05) is 0 Å². The van der Waals surface area contributed by atoms with E-state index in [1.54, 1.807) is 24.7 Å². The van der Waals surface area contributed by atoms with Gasteiger partial charge in [0.05, 0.1) is 0 Å². The molecule has 61 valence electrons. The number of hydrogen-bond donors (Lipinski definition) is 0. The van der Waals surface area contributed by atoms with Gasteiger partial charge in [-0.2, -0.15) is 0 Å². The molecule has 0 spiro atoms.